The molecular weight excluding hydrogens is 232 g/mol. The molecule has 0 aromatic heterocycles. The first-order valence-electron chi connectivity index (χ1n) is 8.57. The quantitative estimate of drug-likeness (QED) is 0.817. The highest BCUT2D eigenvalue weighted by Crippen LogP contribution is 2.44. The fraction of sp³-hybridized carbons (Fsp3) is 1.00. The normalized spacial score (nSPS) is 25.9. The minimum absolute atomic E-state index is 0.648. The van der Waals surface area contributed by atoms with Gasteiger partial charge >= 0.3 is 0 Å². The molecule has 1 saturated carbocycles. The maximum Gasteiger partial charge on any atom is 0.0107 e. The lowest BCUT2D eigenvalue weighted by Gasteiger charge is -2.44. The van der Waals surface area contributed by atoms with E-state index in [-0.39, 0.29) is 0 Å². The Bertz CT molecular complexity index is 246. The zero-order valence-electron chi connectivity index (χ0n) is 13.4. The summed E-state index contributed by atoms with van der Waals surface area (Å²) >= 11 is 0. The molecule has 1 unspecified atom stereocenters. The summed E-state index contributed by atoms with van der Waals surface area (Å²) in [6.07, 6.45) is 10.4. The molecule has 1 spiro atoms. The predicted molar refractivity (Wildman–Crippen MR) is 83.5 cm³/mol. The summed E-state index contributed by atoms with van der Waals surface area (Å²) in [4.78, 5) is 2.68. The summed E-state index contributed by atoms with van der Waals surface area (Å²) < 4.78 is 0. The van der Waals surface area contributed by atoms with Crippen molar-refractivity contribution in [3.63, 3.8) is 0 Å². The maximum absolute atomic E-state index is 3.66. The van der Waals surface area contributed by atoms with Crippen molar-refractivity contribution in [1.29, 1.82) is 0 Å². The number of piperidine rings is 1. The van der Waals surface area contributed by atoms with E-state index in [9.17, 15) is 0 Å². The number of nitrogens with zero attached hydrogens (tertiary/aromatic N) is 1. The highest BCUT2D eigenvalue weighted by molar-refractivity contribution is 4.88. The average Bonchev–Trinajstić information content (AvgIpc) is 2.42. The molecule has 2 fully saturated rings. The first kappa shape index (κ1) is 15.3. The van der Waals surface area contributed by atoms with Crippen LogP contribution in [0.1, 0.15) is 65.7 Å². The average molecular weight is 266 g/mol. The summed E-state index contributed by atoms with van der Waals surface area (Å²) in [5, 5.41) is 3.66. The Labute approximate surface area is 120 Å². The van der Waals surface area contributed by atoms with Crippen molar-refractivity contribution >= 4 is 0 Å². The Morgan fingerprint density at radius 3 is 2.16 bits per heavy atom. The number of hydrogen-bond donors (Lipinski definition) is 1. The predicted octanol–water partition coefficient (Wildman–Crippen LogP) is 3.67. The molecule has 112 valence electrons. The minimum Gasteiger partial charge on any atom is -0.313 e. The molecule has 1 aliphatic heterocycles. The van der Waals surface area contributed by atoms with Crippen LogP contribution in [0, 0.1) is 11.3 Å². The van der Waals surface area contributed by atoms with Crippen molar-refractivity contribution in [3.05, 3.63) is 0 Å². The first-order chi connectivity index (χ1) is 9.11. The van der Waals surface area contributed by atoms with E-state index >= 15 is 0 Å². The number of rotatable bonds is 5. The van der Waals surface area contributed by atoms with Crippen molar-refractivity contribution in [2.45, 2.75) is 71.8 Å². The van der Waals surface area contributed by atoms with E-state index in [1.165, 1.54) is 64.6 Å². The maximum atomic E-state index is 3.66. The molecular formula is C17H34N2. The summed E-state index contributed by atoms with van der Waals surface area (Å²) in [6, 6.07) is 0.648. The molecule has 1 aliphatic carbocycles. The molecule has 0 aromatic rings. The van der Waals surface area contributed by atoms with Crippen molar-refractivity contribution < 1.29 is 0 Å². The Morgan fingerprint density at radius 1 is 0.947 bits per heavy atom. The van der Waals surface area contributed by atoms with Gasteiger partial charge in [-0.05, 0) is 57.0 Å². The molecule has 0 bridgehead atoms. The van der Waals surface area contributed by atoms with E-state index in [4.69, 9.17) is 0 Å². The molecule has 0 aromatic carbocycles. The third-order valence-electron chi connectivity index (χ3n) is 5.73. The molecule has 1 saturated heterocycles. The summed E-state index contributed by atoms with van der Waals surface area (Å²) in [7, 11) is 0. The van der Waals surface area contributed by atoms with Gasteiger partial charge in [0, 0.05) is 19.1 Å². The molecule has 1 heterocycles. The molecule has 2 heteroatoms. The van der Waals surface area contributed by atoms with Crippen LogP contribution < -0.4 is 5.32 Å². The second-order valence-electron chi connectivity index (χ2n) is 7.39. The van der Waals surface area contributed by atoms with Crippen LogP contribution in [-0.4, -0.2) is 37.1 Å². The van der Waals surface area contributed by atoms with Crippen molar-refractivity contribution in [2.75, 3.05) is 26.2 Å². The summed E-state index contributed by atoms with van der Waals surface area (Å²) in [6.45, 7) is 12.0. The monoisotopic (exact) mass is 266 g/mol. The Balaban J connectivity index is 1.63. The van der Waals surface area contributed by atoms with Gasteiger partial charge in [-0.3, -0.25) is 0 Å². The molecule has 0 radical (unpaired) electrons. The molecule has 1 N–H and O–H groups in total. The lowest BCUT2D eigenvalue weighted by Crippen LogP contribution is -2.44. The van der Waals surface area contributed by atoms with Gasteiger partial charge in [-0.15, -0.1) is 0 Å². The van der Waals surface area contributed by atoms with Gasteiger partial charge in [0.15, 0.2) is 0 Å². The second kappa shape index (κ2) is 7.08. The van der Waals surface area contributed by atoms with Gasteiger partial charge < -0.3 is 10.2 Å². The fourth-order valence-electron chi connectivity index (χ4n) is 3.74. The highest BCUT2D eigenvalue weighted by Gasteiger charge is 2.35. The fourth-order valence-corrected chi connectivity index (χ4v) is 3.74. The van der Waals surface area contributed by atoms with E-state index in [0.29, 0.717) is 6.04 Å². The second-order valence-corrected chi connectivity index (χ2v) is 7.39. The van der Waals surface area contributed by atoms with Gasteiger partial charge in [0.05, 0.1) is 0 Å². The van der Waals surface area contributed by atoms with Crippen LogP contribution in [0.25, 0.3) is 0 Å². The van der Waals surface area contributed by atoms with Gasteiger partial charge in [0.25, 0.3) is 0 Å². The van der Waals surface area contributed by atoms with Crippen molar-refractivity contribution in [2.24, 2.45) is 11.3 Å². The smallest absolute Gasteiger partial charge is 0.0107 e. The summed E-state index contributed by atoms with van der Waals surface area (Å²) in [5.74, 6) is 0.742. The molecule has 2 aliphatic rings. The number of likely N-dealkylation sites (tertiary alicyclic amines) is 1. The van der Waals surface area contributed by atoms with Gasteiger partial charge in [0.1, 0.15) is 0 Å². The van der Waals surface area contributed by atoms with E-state index in [2.05, 4.69) is 31.0 Å². The third-order valence-corrected chi connectivity index (χ3v) is 5.73. The Morgan fingerprint density at radius 2 is 1.58 bits per heavy atom. The zero-order chi connectivity index (χ0) is 13.7. The standard InChI is InChI=1S/C17H34N2/c1-15(2)16(3)18-11-14-19-12-9-17(10-13-19)7-5-4-6-8-17/h15-16,18H,4-14H2,1-3H3. The third kappa shape index (κ3) is 4.46. The van der Waals surface area contributed by atoms with Crippen molar-refractivity contribution in [1.82, 2.24) is 10.2 Å². The zero-order valence-corrected chi connectivity index (χ0v) is 13.4. The molecule has 2 nitrogen and oxygen atoms in total. The Kier molecular flexibility index (Phi) is 5.70. The van der Waals surface area contributed by atoms with Crippen LogP contribution in [0.5, 0.6) is 0 Å². The molecule has 0 amide bonds. The van der Waals surface area contributed by atoms with Gasteiger partial charge in [0.2, 0.25) is 0 Å². The van der Waals surface area contributed by atoms with Gasteiger partial charge in [-0.2, -0.15) is 0 Å². The number of nitrogens with one attached hydrogen (secondary N) is 1. The van der Waals surface area contributed by atoms with Crippen LogP contribution >= 0.6 is 0 Å². The van der Waals surface area contributed by atoms with Crippen LogP contribution in [0.15, 0.2) is 0 Å². The SMILES string of the molecule is CC(C)C(C)NCCN1CCC2(CCCCC2)CC1. The van der Waals surface area contributed by atoms with Crippen LogP contribution in [0.4, 0.5) is 0 Å². The topological polar surface area (TPSA) is 15.3 Å². The Hall–Kier alpha value is -0.0800. The van der Waals surface area contributed by atoms with Crippen LogP contribution in [0.3, 0.4) is 0 Å². The number of hydrogen-bond acceptors (Lipinski definition) is 2. The first-order valence-corrected chi connectivity index (χ1v) is 8.57. The molecule has 19 heavy (non-hydrogen) atoms. The van der Waals surface area contributed by atoms with Gasteiger partial charge in [-0.25, -0.2) is 0 Å². The highest BCUT2D eigenvalue weighted by atomic mass is 15.1. The van der Waals surface area contributed by atoms with Crippen LogP contribution in [-0.2, 0) is 0 Å². The lowest BCUT2D eigenvalue weighted by molar-refractivity contribution is 0.0678. The molecule has 2 rings (SSSR count). The van der Waals surface area contributed by atoms with Crippen LogP contribution in [0.2, 0.25) is 0 Å². The lowest BCUT2D eigenvalue weighted by atomic mass is 9.68. The van der Waals surface area contributed by atoms with E-state index in [1.54, 1.807) is 0 Å². The van der Waals surface area contributed by atoms with Gasteiger partial charge in [-0.1, -0.05) is 33.1 Å². The van der Waals surface area contributed by atoms with E-state index in [0.717, 1.165) is 17.9 Å². The molecule has 1 atom stereocenters. The van der Waals surface area contributed by atoms with E-state index < -0.39 is 0 Å². The largest absolute Gasteiger partial charge is 0.313 e. The van der Waals surface area contributed by atoms with E-state index in [1.807, 2.05) is 0 Å². The minimum atomic E-state index is 0.648. The summed E-state index contributed by atoms with van der Waals surface area (Å²) in [5.41, 5.74) is 0.757. The van der Waals surface area contributed by atoms with Crippen molar-refractivity contribution in [3.8, 4) is 0 Å².